The number of aliphatic hydroxyl groups excluding tert-OH is 2. The van der Waals surface area contributed by atoms with Gasteiger partial charge in [0.1, 0.15) is 29.6 Å². The van der Waals surface area contributed by atoms with Crippen molar-refractivity contribution in [3.63, 3.8) is 0 Å². The van der Waals surface area contributed by atoms with Crippen LogP contribution in [0, 0.1) is 5.82 Å². The molecule has 0 radical (unpaired) electrons. The molecule has 0 bridgehead atoms. The standard InChI is InChI=1S/C28H27FN2O7S/c1-36-23-9-7-20(30-25(23)18-15-39-27-17(18)4-3-5-19(27)29)26(34)21(10-11-32)31-28(35)16-6-8-22(38-13-12-33)24(14-16)37-2/h3-9,14-15,21,32-33H,10-13H2,1-2H3,(H,31,35). The van der Waals surface area contributed by atoms with Crippen molar-refractivity contribution >= 4 is 33.1 Å². The number of nitrogens with zero attached hydrogens (tertiary/aromatic N) is 1. The van der Waals surface area contributed by atoms with Crippen LogP contribution < -0.4 is 19.5 Å². The third-order valence-corrected chi connectivity index (χ3v) is 6.96. The zero-order chi connectivity index (χ0) is 27.9. The maximum absolute atomic E-state index is 14.3. The number of ketones is 1. The largest absolute Gasteiger partial charge is 0.494 e. The lowest BCUT2D eigenvalue weighted by Gasteiger charge is -2.18. The second kappa shape index (κ2) is 12.7. The summed E-state index contributed by atoms with van der Waals surface area (Å²) in [6.45, 7) is -0.482. The Hall–Kier alpha value is -4.06. The molecule has 1 atom stereocenters. The molecule has 4 aromatic rings. The van der Waals surface area contributed by atoms with E-state index in [9.17, 15) is 19.1 Å². The topological polar surface area (TPSA) is 127 Å². The lowest BCUT2D eigenvalue weighted by atomic mass is 10.0. The number of Topliss-reactive ketones (excluding diaryl/α,β-unsaturated/α-hetero) is 1. The van der Waals surface area contributed by atoms with Gasteiger partial charge in [0.2, 0.25) is 5.78 Å². The van der Waals surface area contributed by atoms with Crippen LogP contribution in [0.15, 0.2) is 53.9 Å². The Bertz CT molecular complexity index is 1490. The van der Waals surface area contributed by atoms with Crippen LogP contribution >= 0.6 is 11.3 Å². The van der Waals surface area contributed by atoms with E-state index in [2.05, 4.69) is 10.3 Å². The van der Waals surface area contributed by atoms with E-state index >= 15 is 0 Å². The van der Waals surface area contributed by atoms with Crippen molar-refractivity contribution in [3.8, 4) is 28.5 Å². The van der Waals surface area contributed by atoms with Gasteiger partial charge in [0.15, 0.2) is 11.5 Å². The summed E-state index contributed by atoms with van der Waals surface area (Å²) in [5.74, 6) is -0.410. The summed E-state index contributed by atoms with van der Waals surface area (Å²) in [4.78, 5) is 31.1. The summed E-state index contributed by atoms with van der Waals surface area (Å²) >= 11 is 1.22. The van der Waals surface area contributed by atoms with E-state index in [0.717, 1.165) is 0 Å². The van der Waals surface area contributed by atoms with Crippen molar-refractivity contribution < 1.29 is 38.4 Å². The van der Waals surface area contributed by atoms with Crippen LogP contribution in [-0.4, -0.2) is 67.0 Å². The van der Waals surface area contributed by atoms with Gasteiger partial charge in [-0.3, -0.25) is 9.59 Å². The Morgan fingerprint density at radius 2 is 1.79 bits per heavy atom. The highest BCUT2D eigenvalue weighted by Crippen LogP contribution is 2.38. The highest BCUT2D eigenvalue weighted by molar-refractivity contribution is 7.17. The van der Waals surface area contributed by atoms with Crippen LogP contribution in [0.4, 0.5) is 4.39 Å². The number of hydrogen-bond donors (Lipinski definition) is 3. The second-order valence-electron chi connectivity index (χ2n) is 8.35. The molecule has 4 rings (SSSR count). The number of fused-ring (bicyclic) bond motifs is 1. The molecule has 0 saturated carbocycles. The number of aliphatic hydroxyl groups is 2. The van der Waals surface area contributed by atoms with E-state index in [4.69, 9.17) is 19.3 Å². The molecular weight excluding hydrogens is 527 g/mol. The number of pyridine rings is 1. The smallest absolute Gasteiger partial charge is 0.252 e. The van der Waals surface area contributed by atoms with Crippen LogP contribution in [0.3, 0.4) is 0 Å². The molecule has 0 spiro atoms. The minimum absolute atomic E-state index is 0.0466. The number of carbonyl (C=O) groups is 2. The molecule has 0 saturated heterocycles. The minimum Gasteiger partial charge on any atom is -0.494 e. The predicted octanol–water partition coefficient (Wildman–Crippen LogP) is 3.85. The van der Waals surface area contributed by atoms with Gasteiger partial charge in [-0.2, -0.15) is 0 Å². The second-order valence-corrected chi connectivity index (χ2v) is 9.23. The quantitative estimate of drug-likeness (QED) is 0.226. The average Bonchev–Trinajstić information content (AvgIpc) is 3.40. The number of amides is 1. The molecule has 3 N–H and O–H groups in total. The van der Waals surface area contributed by atoms with E-state index in [1.54, 1.807) is 23.6 Å². The molecule has 1 unspecified atom stereocenters. The first-order valence-corrected chi connectivity index (χ1v) is 12.9. The van der Waals surface area contributed by atoms with Crippen molar-refractivity contribution in [2.24, 2.45) is 0 Å². The highest BCUT2D eigenvalue weighted by atomic mass is 32.1. The van der Waals surface area contributed by atoms with Gasteiger partial charge in [-0.15, -0.1) is 11.3 Å². The molecule has 204 valence electrons. The van der Waals surface area contributed by atoms with Crippen molar-refractivity contribution in [3.05, 3.63) is 71.0 Å². The van der Waals surface area contributed by atoms with Crippen LogP contribution in [0.1, 0.15) is 27.3 Å². The molecule has 0 aliphatic heterocycles. The van der Waals surface area contributed by atoms with E-state index in [-0.39, 0.29) is 49.1 Å². The van der Waals surface area contributed by atoms with Crippen LogP contribution in [0.2, 0.25) is 0 Å². The van der Waals surface area contributed by atoms with Crippen LogP contribution in [0.5, 0.6) is 17.2 Å². The van der Waals surface area contributed by atoms with Gasteiger partial charge in [-0.1, -0.05) is 12.1 Å². The molecule has 0 aliphatic carbocycles. The Kier molecular flexibility index (Phi) is 9.07. The van der Waals surface area contributed by atoms with E-state index < -0.39 is 17.7 Å². The van der Waals surface area contributed by atoms with E-state index in [1.807, 2.05) is 0 Å². The fourth-order valence-electron chi connectivity index (χ4n) is 4.05. The first-order valence-electron chi connectivity index (χ1n) is 12.0. The molecule has 1 amide bonds. The third-order valence-electron chi connectivity index (χ3n) is 5.95. The number of thiophene rings is 1. The molecule has 11 heteroatoms. The highest BCUT2D eigenvalue weighted by Gasteiger charge is 2.26. The molecule has 2 aromatic heterocycles. The monoisotopic (exact) mass is 554 g/mol. The molecular formula is C28H27FN2O7S. The van der Waals surface area contributed by atoms with Gasteiger partial charge >= 0.3 is 0 Å². The number of rotatable bonds is 12. The summed E-state index contributed by atoms with van der Waals surface area (Å²) < 4.78 is 30.9. The van der Waals surface area contributed by atoms with Gasteiger partial charge in [-0.05, 0) is 42.8 Å². The number of ether oxygens (including phenoxy) is 3. The minimum atomic E-state index is -1.08. The van der Waals surface area contributed by atoms with Crippen molar-refractivity contribution in [2.45, 2.75) is 12.5 Å². The Morgan fingerprint density at radius 1 is 1.03 bits per heavy atom. The summed E-state index contributed by atoms with van der Waals surface area (Å²) in [6, 6.07) is 11.2. The predicted molar refractivity (Wildman–Crippen MR) is 144 cm³/mol. The summed E-state index contributed by atoms with van der Waals surface area (Å²) in [6.07, 6.45) is -0.0466. The fourth-order valence-corrected chi connectivity index (χ4v) is 5.01. The van der Waals surface area contributed by atoms with Crippen LogP contribution in [0.25, 0.3) is 21.3 Å². The number of benzene rings is 2. The maximum atomic E-state index is 14.3. The zero-order valence-corrected chi connectivity index (χ0v) is 22.1. The van der Waals surface area contributed by atoms with Crippen LogP contribution in [-0.2, 0) is 0 Å². The number of nitrogens with one attached hydrogen (secondary N) is 1. The molecule has 2 aromatic carbocycles. The lowest BCUT2D eigenvalue weighted by molar-refractivity contribution is 0.0837. The number of carbonyl (C=O) groups excluding carboxylic acids is 2. The van der Waals surface area contributed by atoms with Gasteiger partial charge in [0.05, 0.1) is 31.6 Å². The van der Waals surface area contributed by atoms with Crippen molar-refractivity contribution in [2.75, 3.05) is 34.0 Å². The zero-order valence-electron chi connectivity index (χ0n) is 21.3. The third kappa shape index (κ3) is 6.00. The SMILES string of the molecule is COc1cc(C(=O)NC(CCO)C(=O)c2ccc(OC)c(-c3csc4c(F)cccc34)n2)ccc1OCCO. The first-order chi connectivity index (χ1) is 18.9. The molecule has 0 aliphatic rings. The van der Waals surface area contributed by atoms with Gasteiger partial charge in [0, 0.05) is 28.5 Å². The normalized spacial score (nSPS) is 11.7. The van der Waals surface area contributed by atoms with Gasteiger partial charge < -0.3 is 29.7 Å². The Labute approximate surface area is 227 Å². The van der Waals surface area contributed by atoms with Crippen molar-refractivity contribution in [1.29, 1.82) is 0 Å². The molecule has 0 fully saturated rings. The number of methoxy groups -OCH3 is 2. The lowest BCUT2D eigenvalue weighted by Crippen LogP contribution is -2.41. The maximum Gasteiger partial charge on any atom is 0.252 e. The van der Waals surface area contributed by atoms with Gasteiger partial charge in [0.25, 0.3) is 5.91 Å². The van der Waals surface area contributed by atoms with E-state index in [0.29, 0.717) is 32.8 Å². The first kappa shape index (κ1) is 28.0. The molecule has 2 heterocycles. The Morgan fingerprint density at radius 3 is 2.51 bits per heavy atom. The number of hydrogen-bond acceptors (Lipinski definition) is 9. The fraction of sp³-hybridized carbons (Fsp3) is 0.250. The van der Waals surface area contributed by atoms with Crippen molar-refractivity contribution in [1.82, 2.24) is 10.3 Å². The summed E-state index contributed by atoms with van der Waals surface area (Å²) in [7, 11) is 2.89. The van der Waals surface area contributed by atoms with Gasteiger partial charge in [-0.25, -0.2) is 9.37 Å². The number of halogens is 1. The number of aromatic nitrogens is 1. The van der Waals surface area contributed by atoms with E-state index in [1.165, 1.54) is 55.9 Å². The average molecular weight is 555 g/mol. The molecule has 39 heavy (non-hydrogen) atoms. The summed E-state index contributed by atoms with van der Waals surface area (Å²) in [5, 5.41) is 23.6. The summed E-state index contributed by atoms with van der Waals surface area (Å²) in [5.41, 5.74) is 1.22. The Balaban J connectivity index is 1.63. The molecule has 9 nitrogen and oxygen atoms in total.